The SMILES string of the molecule is CC(C)(C)OC(=O)C=Nc1ccccc1Cl. The van der Waals surface area contributed by atoms with Crippen molar-refractivity contribution in [3.05, 3.63) is 29.3 Å². The van der Waals surface area contributed by atoms with Crippen LogP contribution in [0.1, 0.15) is 20.8 Å². The van der Waals surface area contributed by atoms with Crippen LogP contribution in [0.25, 0.3) is 0 Å². The molecule has 1 aromatic rings. The topological polar surface area (TPSA) is 38.7 Å². The molecule has 4 heteroatoms. The Hall–Kier alpha value is -1.35. The predicted octanol–water partition coefficient (Wildman–Crippen LogP) is 3.38. The zero-order valence-electron chi connectivity index (χ0n) is 9.53. The van der Waals surface area contributed by atoms with E-state index in [0.717, 1.165) is 6.21 Å². The Morgan fingerprint density at radius 1 is 1.38 bits per heavy atom. The number of hydrogen-bond donors (Lipinski definition) is 0. The highest BCUT2D eigenvalue weighted by atomic mass is 35.5. The molecule has 0 saturated heterocycles. The van der Waals surface area contributed by atoms with Crippen LogP contribution in [0.2, 0.25) is 5.02 Å². The van der Waals surface area contributed by atoms with E-state index in [1.54, 1.807) is 45.0 Å². The average Bonchev–Trinajstić information content (AvgIpc) is 2.14. The third kappa shape index (κ3) is 4.45. The normalized spacial score (nSPS) is 11.8. The first kappa shape index (κ1) is 12.7. The summed E-state index contributed by atoms with van der Waals surface area (Å²) < 4.78 is 5.07. The lowest BCUT2D eigenvalue weighted by atomic mass is 10.2. The van der Waals surface area contributed by atoms with Crippen molar-refractivity contribution in [1.29, 1.82) is 0 Å². The second-order valence-corrected chi connectivity index (χ2v) is 4.65. The van der Waals surface area contributed by atoms with Gasteiger partial charge in [-0.2, -0.15) is 0 Å². The molecule has 0 bridgehead atoms. The van der Waals surface area contributed by atoms with E-state index in [-0.39, 0.29) is 0 Å². The molecule has 0 amide bonds. The van der Waals surface area contributed by atoms with Crippen LogP contribution in [0.15, 0.2) is 29.3 Å². The molecule has 0 fully saturated rings. The predicted molar refractivity (Wildman–Crippen MR) is 65.4 cm³/mol. The Balaban J connectivity index is 2.68. The van der Waals surface area contributed by atoms with E-state index in [1.165, 1.54) is 0 Å². The number of para-hydroxylation sites is 1. The zero-order valence-corrected chi connectivity index (χ0v) is 10.3. The van der Waals surface area contributed by atoms with Gasteiger partial charge in [-0.1, -0.05) is 23.7 Å². The van der Waals surface area contributed by atoms with E-state index in [1.807, 2.05) is 0 Å². The van der Waals surface area contributed by atoms with E-state index in [4.69, 9.17) is 16.3 Å². The molecular formula is C12H14ClNO2. The molecule has 0 N–H and O–H groups in total. The molecule has 1 rings (SSSR count). The highest BCUT2D eigenvalue weighted by Crippen LogP contribution is 2.23. The highest BCUT2D eigenvalue weighted by Gasteiger charge is 2.14. The molecule has 0 radical (unpaired) electrons. The number of benzene rings is 1. The number of nitrogens with zero attached hydrogens (tertiary/aromatic N) is 1. The van der Waals surface area contributed by atoms with Crippen molar-refractivity contribution >= 4 is 29.5 Å². The first-order valence-electron chi connectivity index (χ1n) is 4.90. The molecule has 3 nitrogen and oxygen atoms in total. The average molecular weight is 240 g/mol. The summed E-state index contributed by atoms with van der Waals surface area (Å²) in [5.74, 6) is -0.479. The molecule has 1 aromatic carbocycles. The molecule has 0 saturated carbocycles. The van der Waals surface area contributed by atoms with Crippen LogP contribution in [0.5, 0.6) is 0 Å². The first-order valence-corrected chi connectivity index (χ1v) is 5.28. The van der Waals surface area contributed by atoms with Gasteiger partial charge in [-0.3, -0.25) is 0 Å². The Morgan fingerprint density at radius 3 is 2.56 bits per heavy atom. The van der Waals surface area contributed by atoms with Gasteiger partial charge in [0.05, 0.1) is 10.7 Å². The summed E-state index contributed by atoms with van der Waals surface area (Å²) >= 11 is 5.87. The van der Waals surface area contributed by atoms with Crippen LogP contribution < -0.4 is 0 Å². The highest BCUT2D eigenvalue weighted by molar-refractivity contribution is 6.33. The monoisotopic (exact) mass is 239 g/mol. The fourth-order valence-electron chi connectivity index (χ4n) is 1.01. The van der Waals surface area contributed by atoms with Crippen molar-refractivity contribution in [1.82, 2.24) is 0 Å². The number of esters is 1. The van der Waals surface area contributed by atoms with E-state index in [2.05, 4.69) is 4.99 Å². The molecule has 0 aliphatic rings. The fraction of sp³-hybridized carbons (Fsp3) is 0.333. The van der Waals surface area contributed by atoms with Crippen LogP contribution in [0, 0.1) is 0 Å². The summed E-state index contributed by atoms with van der Waals surface area (Å²) in [6.45, 7) is 5.40. The molecule has 0 aliphatic carbocycles. The maximum Gasteiger partial charge on any atom is 0.349 e. The second kappa shape index (κ2) is 5.12. The van der Waals surface area contributed by atoms with Gasteiger partial charge in [-0.25, -0.2) is 9.79 Å². The fourth-order valence-corrected chi connectivity index (χ4v) is 1.19. The minimum atomic E-state index is -0.510. The Labute approximate surface area is 100 Å². The van der Waals surface area contributed by atoms with Crippen LogP contribution >= 0.6 is 11.6 Å². The van der Waals surface area contributed by atoms with Crippen molar-refractivity contribution < 1.29 is 9.53 Å². The summed E-state index contributed by atoms with van der Waals surface area (Å²) in [6.07, 6.45) is 1.13. The molecular weight excluding hydrogens is 226 g/mol. The van der Waals surface area contributed by atoms with Crippen LogP contribution in [-0.2, 0) is 9.53 Å². The Morgan fingerprint density at radius 2 is 2.00 bits per heavy atom. The summed E-state index contributed by atoms with van der Waals surface area (Å²) in [7, 11) is 0. The quantitative estimate of drug-likeness (QED) is 0.586. The van der Waals surface area contributed by atoms with Crippen LogP contribution in [0.3, 0.4) is 0 Å². The maximum atomic E-state index is 11.3. The lowest BCUT2D eigenvalue weighted by Gasteiger charge is -2.17. The summed E-state index contributed by atoms with van der Waals surface area (Å²) in [5, 5.41) is 0.502. The molecule has 0 aliphatic heterocycles. The number of hydrogen-bond acceptors (Lipinski definition) is 3. The van der Waals surface area contributed by atoms with Gasteiger partial charge in [0.15, 0.2) is 0 Å². The van der Waals surface area contributed by atoms with E-state index in [9.17, 15) is 4.79 Å². The Kier molecular flexibility index (Phi) is 4.07. The molecule has 16 heavy (non-hydrogen) atoms. The minimum Gasteiger partial charge on any atom is -0.456 e. The van der Waals surface area contributed by atoms with Crippen molar-refractivity contribution in [2.75, 3.05) is 0 Å². The van der Waals surface area contributed by atoms with Gasteiger partial charge in [0.2, 0.25) is 0 Å². The van der Waals surface area contributed by atoms with Crippen molar-refractivity contribution in [2.45, 2.75) is 26.4 Å². The van der Waals surface area contributed by atoms with Crippen molar-refractivity contribution in [3.8, 4) is 0 Å². The number of aliphatic imine (C=N–C) groups is 1. The van der Waals surface area contributed by atoms with Gasteiger partial charge in [-0.05, 0) is 32.9 Å². The molecule has 0 atom stereocenters. The van der Waals surface area contributed by atoms with Crippen molar-refractivity contribution in [2.24, 2.45) is 4.99 Å². The number of halogens is 1. The smallest absolute Gasteiger partial charge is 0.349 e. The van der Waals surface area contributed by atoms with Gasteiger partial charge in [0.25, 0.3) is 0 Å². The number of ether oxygens (including phenoxy) is 1. The lowest BCUT2D eigenvalue weighted by Crippen LogP contribution is -2.24. The van der Waals surface area contributed by atoms with Gasteiger partial charge >= 0.3 is 5.97 Å². The van der Waals surface area contributed by atoms with E-state index in [0.29, 0.717) is 10.7 Å². The maximum absolute atomic E-state index is 11.3. The third-order valence-electron chi connectivity index (χ3n) is 1.57. The van der Waals surface area contributed by atoms with Gasteiger partial charge < -0.3 is 4.74 Å². The standard InChI is InChI=1S/C12H14ClNO2/c1-12(2,3)16-11(15)8-14-10-7-5-4-6-9(10)13/h4-8H,1-3H3. The van der Waals surface area contributed by atoms with Crippen molar-refractivity contribution in [3.63, 3.8) is 0 Å². The van der Waals surface area contributed by atoms with E-state index < -0.39 is 11.6 Å². The summed E-state index contributed by atoms with van der Waals surface area (Å²) in [4.78, 5) is 15.3. The third-order valence-corrected chi connectivity index (χ3v) is 1.89. The zero-order chi connectivity index (χ0) is 12.2. The largest absolute Gasteiger partial charge is 0.456 e. The lowest BCUT2D eigenvalue weighted by molar-refractivity contribution is -0.145. The van der Waals surface area contributed by atoms with E-state index >= 15 is 0 Å². The second-order valence-electron chi connectivity index (χ2n) is 4.24. The number of carbonyl (C=O) groups excluding carboxylic acids is 1. The van der Waals surface area contributed by atoms with Crippen LogP contribution in [0.4, 0.5) is 5.69 Å². The molecule has 0 aromatic heterocycles. The molecule has 0 heterocycles. The van der Waals surface area contributed by atoms with Gasteiger partial charge in [0.1, 0.15) is 11.8 Å². The number of rotatable bonds is 2. The molecule has 0 spiro atoms. The van der Waals surface area contributed by atoms with Gasteiger partial charge in [0, 0.05) is 0 Å². The van der Waals surface area contributed by atoms with Gasteiger partial charge in [-0.15, -0.1) is 0 Å². The summed E-state index contributed by atoms with van der Waals surface area (Å²) in [6, 6.07) is 7.04. The first-order chi connectivity index (χ1) is 7.38. The summed E-state index contributed by atoms with van der Waals surface area (Å²) in [5.41, 5.74) is 0.0406. The Bertz CT molecular complexity index is 408. The molecule has 86 valence electrons. The van der Waals surface area contributed by atoms with Crippen LogP contribution in [-0.4, -0.2) is 17.8 Å². The number of carbonyl (C=O) groups is 1. The minimum absolute atomic E-state index is 0.479. The molecule has 0 unspecified atom stereocenters.